The fraction of sp³-hybridized carbons (Fsp3) is 0.579. The maximum absolute atomic E-state index is 12.4. The lowest BCUT2D eigenvalue weighted by Crippen LogP contribution is -2.54. The molecule has 2 fully saturated rings. The van der Waals surface area contributed by atoms with Crippen molar-refractivity contribution in [2.24, 2.45) is 0 Å². The van der Waals surface area contributed by atoms with Crippen molar-refractivity contribution >= 4 is 17.5 Å². The topological polar surface area (TPSA) is 55.9 Å². The number of likely N-dealkylation sites (tertiary alicyclic amines) is 1. The SMILES string of the molecule is CC(C(=O)Nc1ccccc1)N1CCN(CC(=O)N2CCCC2)CC1. The third-order valence-electron chi connectivity index (χ3n) is 5.19. The Morgan fingerprint density at radius 3 is 2.28 bits per heavy atom. The van der Waals surface area contributed by atoms with E-state index in [9.17, 15) is 9.59 Å². The van der Waals surface area contributed by atoms with E-state index >= 15 is 0 Å². The van der Waals surface area contributed by atoms with E-state index in [4.69, 9.17) is 0 Å². The van der Waals surface area contributed by atoms with Crippen LogP contribution >= 0.6 is 0 Å². The zero-order valence-electron chi connectivity index (χ0n) is 15.0. The predicted molar refractivity (Wildman–Crippen MR) is 98.4 cm³/mol. The number of anilines is 1. The molecule has 1 N–H and O–H groups in total. The van der Waals surface area contributed by atoms with Crippen LogP contribution in [0.3, 0.4) is 0 Å². The van der Waals surface area contributed by atoms with Crippen LogP contribution in [0.1, 0.15) is 19.8 Å². The summed E-state index contributed by atoms with van der Waals surface area (Å²) in [4.78, 5) is 31.0. The molecule has 1 aromatic carbocycles. The zero-order valence-corrected chi connectivity index (χ0v) is 15.0. The van der Waals surface area contributed by atoms with Crippen LogP contribution in [0.25, 0.3) is 0 Å². The second-order valence-electron chi connectivity index (χ2n) is 6.93. The fourth-order valence-corrected chi connectivity index (χ4v) is 3.50. The van der Waals surface area contributed by atoms with Gasteiger partial charge >= 0.3 is 0 Å². The molecule has 3 rings (SSSR count). The van der Waals surface area contributed by atoms with E-state index in [-0.39, 0.29) is 17.9 Å². The van der Waals surface area contributed by atoms with Gasteiger partial charge in [-0.1, -0.05) is 18.2 Å². The molecule has 0 spiro atoms. The first-order valence-electron chi connectivity index (χ1n) is 9.23. The standard InChI is InChI=1S/C19H28N4O2/c1-16(19(25)20-17-7-3-2-4-8-17)22-13-11-21(12-14-22)15-18(24)23-9-5-6-10-23/h2-4,7-8,16H,5-6,9-15H2,1H3,(H,20,25). The lowest BCUT2D eigenvalue weighted by molar-refractivity contribution is -0.132. The Morgan fingerprint density at radius 2 is 1.64 bits per heavy atom. The molecule has 2 heterocycles. The average Bonchev–Trinajstić information content (AvgIpc) is 3.17. The van der Waals surface area contributed by atoms with Crippen molar-refractivity contribution in [3.8, 4) is 0 Å². The Bertz CT molecular complexity index is 578. The summed E-state index contributed by atoms with van der Waals surface area (Å²) in [5.41, 5.74) is 0.828. The molecule has 0 bridgehead atoms. The van der Waals surface area contributed by atoms with E-state index in [2.05, 4.69) is 15.1 Å². The van der Waals surface area contributed by atoms with Gasteiger partial charge in [-0.2, -0.15) is 0 Å². The van der Waals surface area contributed by atoms with Crippen LogP contribution in [0.4, 0.5) is 5.69 Å². The summed E-state index contributed by atoms with van der Waals surface area (Å²) in [5.74, 6) is 0.272. The Balaban J connectivity index is 1.43. The molecule has 2 saturated heterocycles. The van der Waals surface area contributed by atoms with Crippen molar-refractivity contribution in [1.82, 2.24) is 14.7 Å². The lowest BCUT2D eigenvalue weighted by Gasteiger charge is -2.37. The zero-order chi connectivity index (χ0) is 17.6. The molecule has 0 saturated carbocycles. The van der Waals surface area contributed by atoms with Crippen molar-refractivity contribution < 1.29 is 9.59 Å². The predicted octanol–water partition coefficient (Wildman–Crippen LogP) is 1.25. The Labute approximate surface area is 149 Å². The van der Waals surface area contributed by atoms with Crippen LogP contribution in [0, 0.1) is 0 Å². The highest BCUT2D eigenvalue weighted by Crippen LogP contribution is 2.12. The monoisotopic (exact) mass is 344 g/mol. The first-order valence-corrected chi connectivity index (χ1v) is 9.23. The molecule has 2 aliphatic rings. The van der Waals surface area contributed by atoms with Crippen LogP contribution in [0.2, 0.25) is 0 Å². The number of hydrogen-bond acceptors (Lipinski definition) is 4. The highest BCUT2D eigenvalue weighted by molar-refractivity contribution is 5.94. The number of amides is 2. The van der Waals surface area contributed by atoms with Crippen molar-refractivity contribution in [2.45, 2.75) is 25.8 Å². The molecule has 2 amide bonds. The molecule has 2 aliphatic heterocycles. The molecule has 6 heteroatoms. The maximum atomic E-state index is 12.4. The molecule has 1 atom stereocenters. The second-order valence-corrected chi connectivity index (χ2v) is 6.93. The van der Waals surface area contributed by atoms with Crippen LogP contribution in [-0.2, 0) is 9.59 Å². The molecule has 136 valence electrons. The van der Waals surface area contributed by atoms with Gasteiger partial charge in [0.25, 0.3) is 0 Å². The van der Waals surface area contributed by atoms with Gasteiger partial charge in [-0.3, -0.25) is 19.4 Å². The maximum Gasteiger partial charge on any atom is 0.241 e. The summed E-state index contributed by atoms with van der Waals surface area (Å²) in [6.45, 7) is 7.59. The highest BCUT2D eigenvalue weighted by Gasteiger charge is 2.27. The smallest absolute Gasteiger partial charge is 0.241 e. The molecular weight excluding hydrogens is 316 g/mol. The van der Waals surface area contributed by atoms with Crippen molar-refractivity contribution in [3.63, 3.8) is 0 Å². The summed E-state index contributed by atoms with van der Waals surface area (Å²) in [7, 11) is 0. The first kappa shape index (κ1) is 17.9. The Kier molecular flexibility index (Phi) is 6.04. The summed E-state index contributed by atoms with van der Waals surface area (Å²) in [6.07, 6.45) is 2.26. The number of hydrogen-bond donors (Lipinski definition) is 1. The van der Waals surface area contributed by atoms with Gasteiger partial charge in [-0.25, -0.2) is 0 Å². The molecule has 1 aromatic rings. The number of para-hydroxylation sites is 1. The quantitative estimate of drug-likeness (QED) is 0.874. The third kappa shape index (κ3) is 4.80. The highest BCUT2D eigenvalue weighted by atomic mass is 16.2. The Hall–Kier alpha value is -1.92. The first-order chi connectivity index (χ1) is 12.1. The van der Waals surface area contributed by atoms with Crippen LogP contribution < -0.4 is 5.32 Å². The Morgan fingerprint density at radius 1 is 1.00 bits per heavy atom. The largest absolute Gasteiger partial charge is 0.342 e. The normalized spacial score (nSPS) is 20.4. The number of benzene rings is 1. The number of carbonyl (C=O) groups excluding carboxylic acids is 2. The number of carbonyl (C=O) groups is 2. The molecule has 1 unspecified atom stereocenters. The van der Waals surface area contributed by atoms with Crippen LogP contribution in [0.15, 0.2) is 30.3 Å². The fourth-order valence-electron chi connectivity index (χ4n) is 3.50. The molecule has 25 heavy (non-hydrogen) atoms. The third-order valence-corrected chi connectivity index (χ3v) is 5.19. The minimum absolute atomic E-state index is 0.0211. The van der Waals surface area contributed by atoms with E-state index in [0.717, 1.165) is 57.8 Å². The van der Waals surface area contributed by atoms with Gasteiger partial charge in [0.15, 0.2) is 0 Å². The van der Waals surface area contributed by atoms with Crippen molar-refractivity contribution in [1.29, 1.82) is 0 Å². The van der Waals surface area contributed by atoms with Crippen LogP contribution in [-0.4, -0.2) is 78.4 Å². The van der Waals surface area contributed by atoms with Crippen molar-refractivity contribution in [2.75, 3.05) is 51.1 Å². The number of piperazine rings is 1. The number of nitrogens with zero attached hydrogens (tertiary/aromatic N) is 3. The number of rotatable bonds is 5. The van der Waals surface area contributed by atoms with Gasteiger partial charge in [0.2, 0.25) is 11.8 Å². The summed E-state index contributed by atoms with van der Waals surface area (Å²) in [5, 5.41) is 2.96. The molecule has 6 nitrogen and oxygen atoms in total. The van der Waals surface area contributed by atoms with E-state index in [0.29, 0.717) is 6.54 Å². The van der Waals surface area contributed by atoms with Crippen LogP contribution in [0.5, 0.6) is 0 Å². The van der Waals surface area contributed by atoms with E-state index < -0.39 is 0 Å². The molecule has 0 radical (unpaired) electrons. The summed E-state index contributed by atoms with van der Waals surface area (Å²) >= 11 is 0. The van der Waals surface area contributed by atoms with Gasteiger partial charge in [0, 0.05) is 45.0 Å². The molecule has 0 aliphatic carbocycles. The van der Waals surface area contributed by atoms with Crippen molar-refractivity contribution in [3.05, 3.63) is 30.3 Å². The summed E-state index contributed by atoms with van der Waals surface area (Å²) in [6, 6.07) is 9.38. The van der Waals surface area contributed by atoms with Gasteiger partial charge in [0.1, 0.15) is 0 Å². The van der Waals surface area contributed by atoms with Gasteiger partial charge in [0.05, 0.1) is 12.6 Å². The van der Waals surface area contributed by atoms with Gasteiger partial charge in [-0.05, 0) is 31.9 Å². The summed E-state index contributed by atoms with van der Waals surface area (Å²) < 4.78 is 0. The lowest BCUT2D eigenvalue weighted by atomic mass is 10.2. The van der Waals surface area contributed by atoms with E-state index in [1.54, 1.807) is 0 Å². The minimum atomic E-state index is -0.170. The van der Waals surface area contributed by atoms with Gasteiger partial charge < -0.3 is 10.2 Å². The number of nitrogens with one attached hydrogen (secondary N) is 1. The van der Waals surface area contributed by atoms with Gasteiger partial charge in [-0.15, -0.1) is 0 Å². The minimum Gasteiger partial charge on any atom is -0.342 e. The van der Waals surface area contributed by atoms with E-state index in [1.165, 1.54) is 0 Å². The molecular formula is C19H28N4O2. The average molecular weight is 344 g/mol. The molecule has 0 aromatic heterocycles. The van der Waals surface area contributed by atoms with E-state index in [1.807, 2.05) is 42.2 Å². The second kappa shape index (κ2) is 8.45.